The molecule has 1 atom stereocenters. The Hall–Kier alpha value is -1.08. The SMILES string of the molecule is FC(F)CNCc1cn(C[C@H]2CCOC2)nn1. The highest BCUT2D eigenvalue weighted by Crippen LogP contribution is 2.14. The Kier molecular flexibility index (Phi) is 4.38. The Balaban J connectivity index is 1.75. The number of halogens is 2. The van der Waals surface area contributed by atoms with Crippen molar-refractivity contribution in [1.82, 2.24) is 20.3 Å². The fourth-order valence-corrected chi connectivity index (χ4v) is 1.81. The van der Waals surface area contributed by atoms with E-state index in [0.29, 0.717) is 18.2 Å². The second-order valence-corrected chi connectivity index (χ2v) is 4.18. The highest BCUT2D eigenvalue weighted by Gasteiger charge is 2.16. The minimum absolute atomic E-state index is 0.316. The van der Waals surface area contributed by atoms with Gasteiger partial charge in [0.05, 0.1) is 18.8 Å². The van der Waals surface area contributed by atoms with Gasteiger partial charge in [-0.05, 0) is 6.42 Å². The highest BCUT2D eigenvalue weighted by atomic mass is 19.3. The van der Waals surface area contributed by atoms with Crippen molar-refractivity contribution in [3.8, 4) is 0 Å². The Morgan fingerprint density at radius 3 is 3.18 bits per heavy atom. The molecular weight excluding hydrogens is 230 g/mol. The molecule has 2 rings (SSSR count). The van der Waals surface area contributed by atoms with Gasteiger partial charge in [0.2, 0.25) is 0 Å². The lowest BCUT2D eigenvalue weighted by Crippen LogP contribution is -2.20. The number of rotatable bonds is 6. The molecule has 1 aromatic rings. The third-order valence-corrected chi connectivity index (χ3v) is 2.66. The van der Waals surface area contributed by atoms with Gasteiger partial charge in [0.15, 0.2) is 0 Å². The summed E-state index contributed by atoms with van der Waals surface area (Å²) in [7, 11) is 0. The molecule has 0 unspecified atom stereocenters. The molecule has 1 fully saturated rings. The van der Waals surface area contributed by atoms with Crippen molar-refractivity contribution in [3.05, 3.63) is 11.9 Å². The van der Waals surface area contributed by atoms with E-state index >= 15 is 0 Å². The second-order valence-electron chi connectivity index (χ2n) is 4.18. The summed E-state index contributed by atoms with van der Waals surface area (Å²) in [5, 5.41) is 10.5. The van der Waals surface area contributed by atoms with Crippen LogP contribution in [0.15, 0.2) is 6.20 Å². The van der Waals surface area contributed by atoms with Crippen LogP contribution in [0.2, 0.25) is 0 Å². The van der Waals surface area contributed by atoms with Crippen molar-refractivity contribution in [2.75, 3.05) is 19.8 Å². The molecular formula is C10H16F2N4O. The molecule has 5 nitrogen and oxygen atoms in total. The Labute approximate surface area is 98.1 Å². The van der Waals surface area contributed by atoms with E-state index in [0.717, 1.165) is 26.2 Å². The molecule has 2 heterocycles. The zero-order chi connectivity index (χ0) is 12.1. The summed E-state index contributed by atoms with van der Waals surface area (Å²) in [6.07, 6.45) is 0.496. The Morgan fingerprint density at radius 1 is 1.59 bits per heavy atom. The molecule has 0 amide bonds. The lowest BCUT2D eigenvalue weighted by Gasteiger charge is -2.05. The quantitative estimate of drug-likeness (QED) is 0.801. The number of aromatic nitrogens is 3. The van der Waals surface area contributed by atoms with E-state index in [-0.39, 0.29) is 6.54 Å². The van der Waals surface area contributed by atoms with Gasteiger partial charge in [0, 0.05) is 31.8 Å². The number of alkyl halides is 2. The number of nitrogens with one attached hydrogen (secondary N) is 1. The largest absolute Gasteiger partial charge is 0.381 e. The predicted molar refractivity (Wildman–Crippen MR) is 56.7 cm³/mol. The molecule has 0 aliphatic carbocycles. The lowest BCUT2D eigenvalue weighted by molar-refractivity contribution is 0.145. The van der Waals surface area contributed by atoms with Gasteiger partial charge in [-0.25, -0.2) is 8.78 Å². The molecule has 0 bridgehead atoms. The molecule has 0 saturated carbocycles. The molecule has 7 heteroatoms. The Bertz CT molecular complexity index is 339. The van der Waals surface area contributed by atoms with Crippen LogP contribution in [0, 0.1) is 5.92 Å². The molecule has 1 saturated heterocycles. The van der Waals surface area contributed by atoms with E-state index < -0.39 is 6.43 Å². The van der Waals surface area contributed by atoms with E-state index in [2.05, 4.69) is 15.6 Å². The molecule has 96 valence electrons. The van der Waals surface area contributed by atoms with Crippen molar-refractivity contribution >= 4 is 0 Å². The van der Waals surface area contributed by atoms with Crippen LogP contribution in [0.1, 0.15) is 12.1 Å². The fourth-order valence-electron chi connectivity index (χ4n) is 1.81. The van der Waals surface area contributed by atoms with Crippen molar-refractivity contribution in [2.45, 2.75) is 25.9 Å². The predicted octanol–water partition coefficient (Wildman–Crippen LogP) is 0.669. The molecule has 1 N–H and O–H groups in total. The minimum atomic E-state index is -2.33. The Morgan fingerprint density at radius 2 is 2.47 bits per heavy atom. The first-order chi connectivity index (χ1) is 8.24. The van der Waals surface area contributed by atoms with Crippen LogP contribution in [-0.4, -0.2) is 41.2 Å². The normalized spacial score (nSPS) is 20.3. The van der Waals surface area contributed by atoms with Crippen LogP contribution in [0.25, 0.3) is 0 Å². The van der Waals surface area contributed by atoms with Crippen molar-refractivity contribution in [2.24, 2.45) is 5.92 Å². The van der Waals surface area contributed by atoms with Crippen molar-refractivity contribution in [1.29, 1.82) is 0 Å². The van der Waals surface area contributed by atoms with Gasteiger partial charge in [-0.2, -0.15) is 0 Å². The van der Waals surface area contributed by atoms with Gasteiger partial charge >= 0.3 is 0 Å². The van der Waals surface area contributed by atoms with Crippen LogP contribution < -0.4 is 5.32 Å². The van der Waals surface area contributed by atoms with Gasteiger partial charge in [-0.3, -0.25) is 4.68 Å². The maximum absolute atomic E-state index is 11.9. The van der Waals surface area contributed by atoms with E-state index in [4.69, 9.17) is 4.74 Å². The summed E-state index contributed by atoms with van der Waals surface area (Å²) in [6.45, 7) is 2.36. The molecule has 0 radical (unpaired) electrons. The monoisotopic (exact) mass is 246 g/mol. The maximum Gasteiger partial charge on any atom is 0.250 e. The third kappa shape index (κ3) is 4.01. The van der Waals surface area contributed by atoms with Crippen molar-refractivity contribution < 1.29 is 13.5 Å². The standard InChI is InChI=1S/C10H16F2N4O/c11-10(12)4-13-3-9-6-16(15-14-9)5-8-1-2-17-7-8/h6,8,10,13H,1-5,7H2/t8-/m1/s1. The first-order valence-corrected chi connectivity index (χ1v) is 5.69. The fraction of sp³-hybridized carbons (Fsp3) is 0.800. The average molecular weight is 246 g/mol. The zero-order valence-corrected chi connectivity index (χ0v) is 9.48. The number of hydrogen-bond donors (Lipinski definition) is 1. The van der Waals surface area contributed by atoms with E-state index in [9.17, 15) is 8.78 Å². The average Bonchev–Trinajstić information content (AvgIpc) is 2.90. The first-order valence-electron chi connectivity index (χ1n) is 5.69. The summed E-state index contributed by atoms with van der Waals surface area (Å²) in [4.78, 5) is 0. The third-order valence-electron chi connectivity index (χ3n) is 2.66. The van der Waals surface area contributed by atoms with Crippen molar-refractivity contribution in [3.63, 3.8) is 0 Å². The van der Waals surface area contributed by atoms with Crippen LogP contribution in [-0.2, 0) is 17.8 Å². The molecule has 0 spiro atoms. The van der Waals surface area contributed by atoms with E-state index in [1.165, 1.54) is 0 Å². The summed E-state index contributed by atoms with van der Waals surface area (Å²) in [6, 6.07) is 0. The lowest BCUT2D eigenvalue weighted by atomic mass is 10.1. The van der Waals surface area contributed by atoms with Gasteiger partial charge < -0.3 is 10.1 Å². The van der Waals surface area contributed by atoms with Crippen LogP contribution in [0.4, 0.5) is 8.78 Å². The van der Waals surface area contributed by atoms with Gasteiger partial charge in [0.1, 0.15) is 0 Å². The second kappa shape index (κ2) is 6.02. The van der Waals surface area contributed by atoms with Crippen LogP contribution in [0.5, 0.6) is 0 Å². The molecule has 1 aliphatic rings. The summed E-state index contributed by atoms with van der Waals surface area (Å²) in [5.41, 5.74) is 0.685. The van der Waals surface area contributed by atoms with Crippen LogP contribution in [0.3, 0.4) is 0 Å². The van der Waals surface area contributed by atoms with Gasteiger partial charge in [-0.15, -0.1) is 5.10 Å². The number of hydrogen-bond acceptors (Lipinski definition) is 4. The van der Waals surface area contributed by atoms with E-state index in [1.807, 2.05) is 0 Å². The molecule has 0 aromatic carbocycles. The maximum atomic E-state index is 11.9. The summed E-state index contributed by atoms with van der Waals surface area (Å²) in [5.74, 6) is 0.485. The van der Waals surface area contributed by atoms with Crippen LogP contribution >= 0.6 is 0 Å². The van der Waals surface area contributed by atoms with Gasteiger partial charge in [0.25, 0.3) is 6.43 Å². The first kappa shape index (κ1) is 12.4. The minimum Gasteiger partial charge on any atom is -0.381 e. The van der Waals surface area contributed by atoms with E-state index in [1.54, 1.807) is 10.9 Å². The molecule has 1 aromatic heterocycles. The van der Waals surface area contributed by atoms with Gasteiger partial charge in [-0.1, -0.05) is 5.21 Å². The molecule has 17 heavy (non-hydrogen) atoms. The molecule has 1 aliphatic heterocycles. The number of nitrogens with zero attached hydrogens (tertiary/aromatic N) is 3. The summed E-state index contributed by atoms with van der Waals surface area (Å²) >= 11 is 0. The smallest absolute Gasteiger partial charge is 0.250 e. The topological polar surface area (TPSA) is 52.0 Å². The number of ether oxygens (including phenoxy) is 1. The zero-order valence-electron chi connectivity index (χ0n) is 9.48. The highest BCUT2D eigenvalue weighted by molar-refractivity contribution is 4.91. The summed E-state index contributed by atoms with van der Waals surface area (Å²) < 4.78 is 30.8.